The van der Waals surface area contributed by atoms with E-state index in [4.69, 9.17) is 4.74 Å². The number of benzene rings is 1. The molecule has 1 aliphatic heterocycles. The summed E-state index contributed by atoms with van der Waals surface area (Å²) in [6, 6.07) is 4.48. The Morgan fingerprint density at radius 3 is 2.42 bits per heavy atom. The second-order valence-corrected chi connectivity index (χ2v) is 7.39. The lowest BCUT2D eigenvalue weighted by Gasteiger charge is -2.28. The summed E-state index contributed by atoms with van der Waals surface area (Å²) in [5.41, 5.74) is 0.256. The summed E-state index contributed by atoms with van der Waals surface area (Å²) >= 11 is 0. The van der Waals surface area contributed by atoms with Gasteiger partial charge in [0.15, 0.2) is 0 Å². The molecule has 142 valence electrons. The minimum Gasteiger partial charge on any atom is -0.378 e. The number of hydrogen-bond donors (Lipinski definition) is 0. The van der Waals surface area contributed by atoms with Gasteiger partial charge in [-0.05, 0) is 11.5 Å². The van der Waals surface area contributed by atoms with E-state index in [1.807, 2.05) is 20.8 Å². The molecule has 1 aromatic rings. The highest BCUT2D eigenvalue weighted by Crippen LogP contribution is 2.32. The average Bonchev–Trinajstić information content (AvgIpc) is 2.60. The van der Waals surface area contributed by atoms with E-state index >= 15 is 0 Å². The molecule has 1 aliphatic rings. The zero-order valence-corrected chi connectivity index (χ0v) is 15.7. The topological polar surface area (TPSA) is 93.0 Å². The summed E-state index contributed by atoms with van der Waals surface area (Å²) in [6.45, 7) is 7.55. The van der Waals surface area contributed by atoms with Crippen molar-refractivity contribution in [1.29, 1.82) is 0 Å². The molecule has 1 heterocycles. The highest BCUT2D eigenvalue weighted by atomic mass is 16.6. The van der Waals surface area contributed by atoms with Gasteiger partial charge in [-0.3, -0.25) is 19.7 Å². The maximum atomic E-state index is 12.6. The molecule has 0 radical (unpaired) electrons. The Kier molecular flexibility index (Phi) is 5.97. The largest absolute Gasteiger partial charge is 0.378 e. The van der Waals surface area contributed by atoms with Gasteiger partial charge in [0, 0.05) is 37.3 Å². The van der Waals surface area contributed by atoms with Gasteiger partial charge in [-0.2, -0.15) is 0 Å². The molecule has 2 rings (SSSR count). The number of nitro benzene ring substituents is 1. The number of carbonyl (C=O) groups excluding carboxylic acids is 2. The number of carbonyl (C=O) groups is 2. The van der Waals surface area contributed by atoms with E-state index in [2.05, 4.69) is 0 Å². The van der Waals surface area contributed by atoms with Gasteiger partial charge in [0.2, 0.25) is 5.91 Å². The smallest absolute Gasteiger partial charge is 0.273 e. The van der Waals surface area contributed by atoms with Crippen LogP contribution in [0.2, 0.25) is 0 Å². The lowest BCUT2D eigenvalue weighted by molar-refractivity contribution is -0.386. The molecule has 2 amide bonds. The summed E-state index contributed by atoms with van der Waals surface area (Å²) in [6.07, 6.45) is 0. The van der Waals surface area contributed by atoms with E-state index in [-0.39, 0.29) is 23.7 Å². The van der Waals surface area contributed by atoms with Gasteiger partial charge >= 0.3 is 0 Å². The predicted molar refractivity (Wildman–Crippen MR) is 96.2 cm³/mol. The molecule has 0 aliphatic carbocycles. The Morgan fingerprint density at radius 1 is 1.27 bits per heavy atom. The highest BCUT2D eigenvalue weighted by molar-refractivity contribution is 5.97. The fourth-order valence-electron chi connectivity index (χ4n) is 2.86. The second kappa shape index (κ2) is 7.82. The number of amides is 2. The maximum absolute atomic E-state index is 12.6. The molecule has 8 heteroatoms. The van der Waals surface area contributed by atoms with Crippen LogP contribution in [-0.4, -0.2) is 66.4 Å². The summed E-state index contributed by atoms with van der Waals surface area (Å²) in [4.78, 5) is 38.7. The van der Waals surface area contributed by atoms with Crippen molar-refractivity contribution >= 4 is 17.5 Å². The fraction of sp³-hybridized carbons (Fsp3) is 0.556. The zero-order valence-electron chi connectivity index (χ0n) is 15.7. The summed E-state index contributed by atoms with van der Waals surface area (Å²) in [5.74, 6) is -0.583. The minimum absolute atomic E-state index is 0.0757. The zero-order chi connectivity index (χ0) is 19.5. The Balaban J connectivity index is 2.16. The van der Waals surface area contributed by atoms with Crippen LogP contribution in [0, 0.1) is 10.1 Å². The van der Waals surface area contributed by atoms with Gasteiger partial charge < -0.3 is 14.5 Å². The molecule has 26 heavy (non-hydrogen) atoms. The molecule has 0 bridgehead atoms. The predicted octanol–water partition coefficient (Wildman–Crippen LogP) is 1.82. The molecule has 0 N–H and O–H groups in total. The Labute approximate surface area is 152 Å². The SMILES string of the molecule is CN(CC(=O)N1CCOCC1)C(=O)c1ccc(C(C)(C)C)c([N+](=O)[O-])c1. The van der Waals surface area contributed by atoms with E-state index in [1.165, 1.54) is 18.0 Å². The monoisotopic (exact) mass is 363 g/mol. The lowest BCUT2D eigenvalue weighted by atomic mass is 9.85. The molecule has 8 nitrogen and oxygen atoms in total. The number of nitro groups is 1. The lowest BCUT2D eigenvalue weighted by Crippen LogP contribution is -2.46. The molecule has 0 aromatic heterocycles. The standard InChI is InChI=1S/C18H25N3O5/c1-18(2,3)14-6-5-13(11-15(14)21(24)25)17(23)19(4)12-16(22)20-7-9-26-10-8-20/h5-6,11H,7-10,12H2,1-4H3. The van der Waals surface area contributed by atoms with E-state index in [0.29, 0.717) is 31.9 Å². The molecule has 0 spiro atoms. The quantitative estimate of drug-likeness (QED) is 0.601. The first-order chi connectivity index (χ1) is 12.1. The van der Waals surface area contributed by atoms with Crippen LogP contribution >= 0.6 is 0 Å². The van der Waals surface area contributed by atoms with Gasteiger partial charge in [-0.25, -0.2) is 0 Å². The highest BCUT2D eigenvalue weighted by Gasteiger charge is 2.27. The first-order valence-electron chi connectivity index (χ1n) is 8.51. The van der Waals surface area contributed by atoms with Crippen LogP contribution in [0.4, 0.5) is 5.69 Å². The van der Waals surface area contributed by atoms with Crippen molar-refractivity contribution in [2.75, 3.05) is 39.9 Å². The van der Waals surface area contributed by atoms with Crippen LogP contribution in [-0.2, 0) is 14.9 Å². The van der Waals surface area contributed by atoms with Crippen molar-refractivity contribution < 1.29 is 19.2 Å². The van der Waals surface area contributed by atoms with Crippen molar-refractivity contribution in [3.8, 4) is 0 Å². The van der Waals surface area contributed by atoms with Gasteiger partial charge in [-0.1, -0.05) is 26.8 Å². The molecule has 0 atom stereocenters. The third kappa shape index (κ3) is 4.57. The average molecular weight is 363 g/mol. The summed E-state index contributed by atoms with van der Waals surface area (Å²) in [5, 5.41) is 11.4. The molecule has 0 saturated carbocycles. The normalized spacial score (nSPS) is 14.8. The van der Waals surface area contributed by atoms with Crippen molar-refractivity contribution in [3.63, 3.8) is 0 Å². The molecule has 1 fully saturated rings. The maximum Gasteiger partial charge on any atom is 0.273 e. The van der Waals surface area contributed by atoms with Crippen LogP contribution in [0.5, 0.6) is 0 Å². The van der Waals surface area contributed by atoms with Gasteiger partial charge in [0.1, 0.15) is 0 Å². The van der Waals surface area contributed by atoms with Gasteiger partial charge in [0.05, 0.1) is 24.7 Å². The van der Waals surface area contributed by atoms with Crippen molar-refractivity contribution in [1.82, 2.24) is 9.80 Å². The van der Waals surface area contributed by atoms with E-state index in [1.54, 1.807) is 17.0 Å². The van der Waals surface area contributed by atoms with Crippen LogP contribution in [0.25, 0.3) is 0 Å². The Morgan fingerprint density at radius 2 is 1.88 bits per heavy atom. The van der Waals surface area contributed by atoms with Crippen molar-refractivity contribution in [3.05, 3.63) is 39.4 Å². The van der Waals surface area contributed by atoms with Crippen molar-refractivity contribution in [2.45, 2.75) is 26.2 Å². The van der Waals surface area contributed by atoms with Crippen molar-refractivity contribution in [2.24, 2.45) is 0 Å². The van der Waals surface area contributed by atoms with Gasteiger partial charge in [-0.15, -0.1) is 0 Å². The number of ether oxygens (including phenoxy) is 1. The second-order valence-electron chi connectivity index (χ2n) is 7.39. The Hall–Kier alpha value is -2.48. The van der Waals surface area contributed by atoms with E-state index < -0.39 is 16.2 Å². The number of hydrogen-bond acceptors (Lipinski definition) is 5. The number of rotatable bonds is 4. The third-order valence-electron chi connectivity index (χ3n) is 4.33. The first kappa shape index (κ1) is 19.8. The van der Waals surface area contributed by atoms with E-state index in [9.17, 15) is 19.7 Å². The summed E-state index contributed by atoms with van der Waals surface area (Å²) in [7, 11) is 1.52. The molecular formula is C18H25N3O5. The molecular weight excluding hydrogens is 338 g/mol. The van der Waals surface area contributed by atoms with Crippen LogP contribution in [0.15, 0.2) is 18.2 Å². The van der Waals surface area contributed by atoms with Crippen LogP contribution in [0.1, 0.15) is 36.7 Å². The number of nitrogens with zero attached hydrogens (tertiary/aromatic N) is 3. The number of morpholine rings is 1. The molecule has 0 unspecified atom stereocenters. The first-order valence-corrected chi connectivity index (χ1v) is 8.51. The Bertz CT molecular complexity index is 705. The summed E-state index contributed by atoms with van der Waals surface area (Å²) < 4.78 is 5.21. The molecule has 1 saturated heterocycles. The third-order valence-corrected chi connectivity index (χ3v) is 4.33. The van der Waals surface area contributed by atoms with Gasteiger partial charge in [0.25, 0.3) is 11.6 Å². The van der Waals surface area contributed by atoms with E-state index in [0.717, 1.165) is 0 Å². The van der Waals surface area contributed by atoms with Crippen LogP contribution < -0.4 is 0 Å². The van der Waals surface area contributed by atoms with Crippen LogP contribution in [0.3, 0.4) is 0 Å². The fourth-order valence-corrected chi connectivity index (χ4v) is 2.86. The number of likely N-dealkylation sites (N-methyl/N-ethyl adjacent to an activating group) is 1. The minimum atomic E-state index is -0.476. The molecule has 1 aromatic carbocycles.